The van der Waals surface area contributed by atoms with E-state index in [4.69, 9.17) is 11.6 Å². The highest BCUT2D eigenvalue weighted by molar-refractivity contribution is 7.09. The van der Waals surface area contributed by atoms with Crippen molar-refractivity contribution in [3.05, 3.63) is 39.4 Å². The molecule has 0 amide bonds. The van der Waals surface area contributed by atoms with Gasteiger partial charge in [-0.15, -0.1) is 11.3 Å². The molecular formula is C11H9ClF3N3S. The topological polar surface area (TPSA) is 29.0 Å². The summed E-state index contributed by atoms with van der Waals surface area (Å²) in [6.07, 6.45) is -4.54. The summed E-state index contributed by atoms with van der Waals surface area (Å²) in [7, 11) is 1.65. The Morgan fingerprint density at radius 1 is 1.37 bits per heavy atom. The molecule has 0 aliphatic heterocycles. The quantitative estimate of drug-likeness (QED) is 0.807. The minimum absolute atomic E-state index is 0.140. The minimum Gasteiger partial charge on any atom is -0.354 e. The predicted molar refractivity (Wildman–Crippen MR) is 68.5 cm³/mol. The summed E-state index contributed by atoms with van der Waals surface area (Å²) >= 11 is 7.06. The molecule has 2 heterocycles. The molecule has 2 aromatic heterocycles. The molecular weight excluding hydrogens is 299 g/mol. The minimum atomic E-state index is -4.54. The van der Waals surface area contributed by atoms with Crippen molar-refractivity contribution in [1.82, 2.24) is 9.97 Å². The van der Waals surface area contributed by atoms with Gasteiger partial charge in [0, 0.05) is 18.0 Å². The van der Waals surface area contributed by atoms with Crippen LogP contribution >= 0.6 is 22.9 Å². The maximum absolute atomic E-state index is 12.6. The van der Waals surface area contributed by atoms with Gasteiger partial charge in [-0.25, -0.2) is 9.97 Å². The van der Waals surface area contributed by atoms with Gasteiger partial charge in [0.25, 0.3) is 0 Å². The van der Waals surface area contributed by atoms with Crippen molar-refractivity contribution < 1.29 is 13.2 Å². The van der Waals surface area contributed by atoms with Crippen LogP contribution in [0, 0.1) is 0 Å². The Kier molecular flexibility index (Phi) is 3.96. The molecule has 0 N–H and O–H groups in total. The number of hydrogen-bond donors (Lipinski definition) is 0. The lowest BCUT2D eigenvalue weighted by atomic mass is 10.3. The van der Waals surface area contributed by atoms with E-state index < -0.39 is 17.2 Å². The normalized spacial score (nSPS) is 11.6. The lowest BCUT2D eigenvalue weighted by molar-refractivity contribution is -0.141. The first-order valence-electron chi connectivity index (χ1n) is 5.21. The van der Waals surface area contributed by atoms with E-state index in [-0.39, 0.29) is 5.82 Å². The number of anilines is 1. The average molecular weight is 308 g/mol. The van der Waals surface area contributed by atoms with Crippen molar-refractivity contribution in [3.8, 4) is 0 Å². The van der Waals surface area contributed by atoms with Gasteiger partial charge in [-0.05, 0) is 23.0 Å². The lowest BCUT2D eigenvalue weighted by Crippen LogP contribution is -2.19. The van der Waals surface area contributed by atoms with Crippen LogP contribution in [0.5, 0.6) is 0 Å². The van der Waals surface area contributed by atoms with E-state index in [0.29, 0.717) is 6.54 Å². The number of rotatable bonds is 3. The van der Waals surface area contributed by atoms with Crippen LogP contribution in [0.3, 0.4) is 0 Å². The van der Waals surface area contributed by atoms with E-state index in [1.165, 1.54) is 11.3 Å². The van der Waals surface area contributed by atoms with Crippen LogP contribution in [0.15, 0.2) is 23.6 Å². The maximum atomic E-state index is 12.6. The third kappa shape index (κ3) is 3.57. The summed E-state index contributed by atoms with van der Waals surface area (Å²) in [6.45, 7) is 0.461. The SMILES string of the molecule is CN(Cc1cccs1)c1cc(C(F)(F)F)nc(Cl)n1. The van der Waals surface area contributed by atoms with Crippen molar-refractivity contribution in [2.75, 3.05) is 11.9 Å². The number of aromatic nitrogens is 2. The zero-order valence-electron chi connectivity index (χ0n) is 9.78. The zero-order valence-corrected chi connectivity index (χ0v) is 11.4. The highest BCUT2D eigenvalue weighted by Gasteiger charge is 2.33. The Labute approximate surface area is 116 Å². The van der Waals surface area contributed by atoms with E-state index in [1.807, 2.05) is 17.5 Å². The Bertz CT molecular complexity index is 557. The molecule has 0 aromatic carbocycles. The first-order chi connectivity index (χ1) is 8.86. The van der Waals surface area contributed by atoms with Crippen LogP contribution < -0.4 is 4.90 Å². The third-order valence-electron chi connectivity index (χ3n) is 2.34. The molecule has 8 heteroatoms. The molecule has 0 atom stereocenters. The largest absolute Gasteiger partial charge is 0.433 e. The number of halogens is 4. The molecule has 0 radical (unpaired) electrons. The van der Waals surface area contributed by atoms with Crippen LogP contribution in [0.1, 0.15) is 10.6 Å². The molecule has 0 aliphatic rings. The molecule has 0 fully saturated rings. The number of nitrogens with zero attached hydrogens (tertiary/aromatic N) is 3. The Hall–Kier alpha value is -1.34. The van der Waals surface area contributed by atoms with Crippen LogP contribution in [-0.2, 0) is 12.7 Å². The van der Waals surface area contributed by atoms with Crippen molar-refractivity contribution in [3.63, 3.8) is 0 Å². The van der Waals surface area contributed by atoms with Crippen LogP contribution in [-0.4, -0.2) is 17.0 Å². The predicted octanol–water partition coefficient (Wildman–Crippen LogP) is 3.85. The van der Waals surface area contributed by atoms with Gasteiger partial charge >= 0.3 is 6.18 Å². The number of alkyl halides is 3. The smallest absolute Gasteiger partial charge is 0.354 e. The second-order valence-corrected chi connectivity index (χ2v) is 5.18. The van der Waals surface area contributed by atoms with Crippen molar-refractivity contribution in [1.29, 1.82) is 0 Å². The van der Waals surface area contributed by atoms with E-state index in [2.05, 4.69) is 9.97 Å². The van der Waals surface area contributed by atoms with E-state index in [1.54, 1.807) is 11.9 Å². The molecule has 0 unspecified atom stereocenters. The van der Waals surface area contributed by atoms with Crippen LogP contribution in [0.2, 0.25) is 5.28 Å². The zero-order chi connectivity index (χ0) is 14.0. The highest BCUT2D eigenvalue weighted by atomic mass is 35.5. The Balaban J connectivity index is 2.26. The molecule has 19 heavy (non-hydrogen) atoms. The lowest BCUT2D eigenvalue weighted by Gasteiger charge is -2.18. The summed E-state index contributed by atoms with van der Waals surface area (Å²) in [5.41, 5.74) is -1.04. The number of thiophene rings is 1. The van der Waals surface area contributed by atoms with Gasteiger partial charge in [-0.3, -0.25) is 0 Å². The first-order valence-corrected chi connectivity index (χ1v) is 6.47. The Morgan fingerprint density at radius 2 is 2.11 bits per heavy atom. The van der Waals surface area contributed by atoms with E-state index in [0.717, 1.165) is 10.9 Å². The molecule has 0 saturated heterocycles. The molecule has 0 saturated carbocycles. The molecule has 0 bridgehead atoms. The fraction of sp³-hybridized carbons (Fsp3) is 0.273. The maximum Gasteiger partial charge on any atom is 0.433 e. The molecule has 102 valence electrons. The van der Waals surface area contributed by atoms with E-state index >= 15 is 0 Å². The fourth-order valence-electron chi connectivity index (χ4n) is 1.46. The van der Waals surface area contributed by atoms with Gasteiger partial charge in [-0.2, -0.15) is 13.2 Å². The second-order valence-electron chi connectivity index (χ2n) is 3.81. The summed E-state index contributed by atoms with van der Waals surface area (Å²) in [5.74, 6) is 0.140. The highest BCUT2D eigenvalue weighted by Crippen LogP contribution is 2.30. The van der Waals surface area contributed by atoms with Crippen molar-refractivity contribution in [2.45, 2.75) is 12.7 Å². The van der Waals surface area contributed by atoms with Gasteiger partial charge in [-0.1, -0.05) is 6.07 Å². The monoisotopic (exact) mass is 307 g/mol. The molecule has 3 nitrogen and oxygen atoms in total. The summed E-state index contributed by atoms with van der Waals surface area (Å²) < 4.78 is 37.9. The van der Waals surface area contributed by atoms with E-state index in [9.17, 15) is 13.2 Å². The van der Waals surface area contributed by atoms with Gasteiger partial charge in [0.05, 0.1) is 6.54 Å². The molecule has 0 spiro atoms. The fourth-order valence-corrected chi connectivity index (χ4v) is 2.40. The van der Waals surface area contributed by atoms with Crippen molar-refractivity contribution >= 4 is 28.8 Å². The van der Waals surface area contributed by atoms with Gasteiger partial charge in [0.1, 0.15) is 5.82 Å². The van der Waals surface area contributed by atoms with Gasteiger partial charge in [0.2, 0.25) is 5.28 Å². The second kappa shape index (κ2) is 5.34. The van der Waals surface area contributed by atoms with Crippen LogP contribution in [0.25, 0.3) is 0 Å². The first kappa shape index (κ1) is 14.1. The standard InChI is InChI=1S/C11H9ClF3N3S/c1-18(6-7-3-2-4-19-7)9-5-8(11(13,14)15)16-10(12)17-9/h2-5H,6H2,1H3. The van der Waals surface area contributed by atoms with Crippen molar-refractivity contribution in [2.24, 2.45) is 0 Å². The molecule has 0 aliphatic carbocycles. The van der Waals surface area contributed by atoms with Gasteiger partial charge < -0.3 is 4.90 Å². The molecule has 2 aromatic rings. The summed E-state index contributed by atoms with van der Waals surface area (Å²) in [5, 5.41) is 1.49. The molecule has 2 rings (SSSR count). The third-order valence-corrected chi connectivity index (χ3v) is 3.37. The Morgan fingerprint density at radius 3 is 2.68 bits per heavy atom. The summed E-state index contributed by atoms with van der Waals surface area (Å²) in [4.78, 5) is 9.61. The number of hydrogen-bond acceptors (Lipinski definition) is 4. The van der Waals surface area contributed by atoms with Crippen LogP contribution in [0.4, 0.5) is 19.0 Å². The summed E-state index contributed by atoms with van der Waals surface area (Å²) in [6, 6.07) is 4.66. The average Bonchev–Trinajstić information content (AvgIpc) is 2.79. The van der Waals surface area contributed by atoms with Gasteiger partial charge in [0.15, 0.2) is 5.69 Å².